The molecule has 0 saturated carbocycles. The summed E-state index contributed by atoms with van der Waals surface area (Å²) in [5.74, 6) is -0.476. The van der Waals surface area contributed by atoms with Gasteiger partial charge in [0, 0.05) is 5.26 Å². The zero-order valence-electron chi connectivity index (χ0n) is 5.01. The number of hydrogen-bond acceptors (Lipinski definition) is 2. The van der Waals surface area contributed by atoms with Crippen LogP contribution < -0.4 is 0 Å². The third-order valence-electron chi connectivity index (χ3n) is 0.668. The molecule has 0 rings (SSSR count). The van der Waals surface area contributed by atoms with Crippen LogP contribution in [0.2, 0.25) is 0 Å². The van der Waals surface area contributed by atoms with Gasteiger partial charge in [0.25, 0.3) is 0 Å². The molecular weight excluding hydrogens is 108 g/mol. The fourth-order valence-corrected chi connectivity index (χ4v) is 0.367. The van der Waals surface area contributed by atoms with Crippen molar-refractivity contribution in [2.75, 3.05) is 0 Å². The third kappa shape index (κ3) is 3.61. The van der Waals surface area contributed by atoms with Gasteiger partial charge < -0.3 is 0 Å². The molecule has 0 aliphatic rings. The summed E-state index contributed by atoms with van der Waals surface area (Å²) in [6.07, 6.45) is 0.212. The quantitative estimate of drug-likeness (QED) is 0.399. The molecule has 3 nitrogen and oxygen atoms in total. The van der Waals surface area contributed by atoms with Gasteiger partial charge in [0.15, 0.2) is 0 Å². The molecule has 0 unspecified atom stereocenters. The highest BCUT2D eigenvalue weighted by atomic mass is 17.1. The minimum absolute atomic E-state index is 0.205. The summed E-state index contributed by atoms with van der Waals surface area (Å²) in [6, 6.07) is 0. The van der Waals surface area contributed by atoms with Gasteiger partial charge in [-0.2, -0.15) is 0 Å². The van der Waals surface area contributed by atoms with E-state index in [9.17, 15) is 10.1 Å². The van der Waals surface area contributed by atoms with Crippen LogP contribution in [0.3, 0.4) is 0 Å². The molecule has 0 amide bonds. The van der Waals surface area contributed by atoms with Gasteiger partial charge in [-0.25, -0.2) is 4.79 Å². The predicted octanol–water partition coefficient (Wildman–Crippen LogP) is 0.921. The summed E-state index contributed by atoms with van der Waals surface area (Å²) < 4.78 is 0. The summed E-state index contributed by atoms with van der Waals surface area (Å²) in [7, 11) is 0. The van der Waals surface area contributed by atoms with Crippen LogP contribution in [0.25, 0.3) is 0 Å². The molecule has 0 aromatic rings. The lowest BCUT2D eigenvalue weighted by molar-refractivity contribution is -0.278. The highest BCUT2D eigenvalue weighted by Gasteiger charge is 2.04. The molecule has 8 heavy (non-hydrogen) atoms. The first-order valence-electron chi connectivity index (χ1n) is 2.49. The molecule has 0 fully saturated rings. The highest BCUT2D eigenvalue weighted by Crippen LogP contribution is 1.99. The number of hydrogen-bond donors (Lipinski definition) is 0. The Balaban J connectivity index is 3.25. The Morgan fingerprint density at radius 1 is 1.62 bits per heavy atom. The molecule has 0 N–H and O–H groups in total. The second-order valence-corrected chi connectivity index (χ2v) is 2.05. The fraction of sp³-hybridized carbons (Fsp3) is 0.800. The van der Waals surface area contributed by atoms with Gasteiger partial charge in [-0.05, 0) is 5.92 Å². The number of carbonyl (C=O) groups excluding carboxylic acids is 1. The van der Waals surface area contributed by atoms with Crippen molar-refractivity contribution in [3.8, 4) is 0 Å². The van der Waals surface area contributed by atoms with Gasteiger partial charge in [-0.3, -0.25) is 4.89 Å². The zero-order chi connectivity index (χ0) is 6.57. The second-order valence-electron chi connectivity index (χ2n) is 2.05. The lowest BCUT2D eigenvalue weighted by Crippen LogP contribution is -2.03. The van der Waals surface area contributed by atoms with E-state index in [0.717, 1.165) is 0 Å². The van der Waals surface area contributed by atoms with E-state index in [0.29, 0.717) is 0 Å². The van der Waals surface area contributed by atoms with E-state index in [-0.39, 0.29) is 12.3 Å². The average Bonchev–Trinajstić information content (AvgIpc) is 1.65. The van der Waals surface area contributed by atoms with Gasteiger partial charge in [0.2, 0.25) is 0 Å². The van der Waals surface area contributed by atoms with Crippen LogP contribution in [-0.4, -0.2) is 5.97 Å². The molecule has 0 heterocycles. The molecule has 0 aromatic carbocycles. The number of rotatable bonds is 2. The summed E-state index contributed by atoms with van der Waals surface area (Å²) in [5.41, 5.74) is 0. The molecule has 0 saturated heterocycles. The molecule has 0 atom stereocenters. The van der Waals surface area contributed by atoms with Crippen LogP contribution in [0.1, 0.15) is 20.3 Å². The van der Waals surface area contributed by atoms with Crippen molar-refractivity contribution in [1.29, 1.82) is 0 Å². The van der Waals surface area contributed by atoms with Gasteiger partial charge in [-0.15, -0.1) is 0 Å². The maximum Gasteiger partial charge on any atom is 0.346 e. The Kier molecular flexibility index (Phi) is 3.19. The van der Waals surface area contributed by atoms with E-state index in [4.69, 9.17) is 0 Å². The molecule has 3 heteroatoms. The molecular formula is C5H9O3. The van der Waals surface area contributed by atoms with Crippen molar-refractivity contribution >= 4 is 5.97 Å². The zero-order valence-corrected chi connectivity index (χ0v) is 5.01. The van der Waals surface area contributed by atoms with Gasteiger partial charge in [0.05, 0.1) is 6.42 Å². The second kappa shape index (κ2) is 3.43. The van der Waals surface area contributed by atoms with E-state index >= 15 is 0 Å². The molecule has 0 bridgehead atoms. The van der Waals surface area contributed by atoms with Crippen LogP contribution in [0, 0.1) is 5.92 Å². The lowest BCUT2D eigenvalue weighted by atomic mass is 10.1. The molecule has 47 valence electrons. The predicted molar refractivity (Wildman–Crippen MR) is 26.2 cm³/mol. The van der Waals surface area contributed by atoms with E-state index in [1.807, 2.05) is 13.8 Å². The van der Waals surface area contributed by atoms with E-state index in [1.54, 1.807) is 0 Å². The van der Waals surface area contributed by atoms with Crippen molar-refractivity contribution in [3.63, 3.8) is 0 Å². The Hall–Kier alpha value is -0.570. The minimum Gasteiger partial charge on any atom is -0.266 e. The molecule has 0 aliphatic carbocycles. The van der Waals surface area contributed by atoms with E-state index in [1.165, 1.54) is 0 Å². The number of carbonyl (C=O) groups is 1. The highest BCUT2D eigenvalue weighted by molar-refractivity contribution is 5.68. The van der Waals surface area contributed by atoms with Crippen LogP contribution in [0.5, 0.6) is 0 Å². The summed E-state index contributed by atoms with van der Waals surface area (Å²) in [5, 5.41) is 9.32. The van der Waals surface area contributed by atoms with Crippen molar-refractivity contribution in [3.05, 3.63) is 0 Å². The molecule has 0 aliphatic heterocycles. The van der Waals surface area contributed by atoms with Crippen LogP contribution in [0.4, 0.5) is 0 Å². The smallest absolute Gasteiger partial charge is 0.266 e. The van der Waals surface area contributed by atoms with Crippen molar-refractivity contribution in [2.24, 2.45) is 5.92 Å². The third-order valence-corrected chi connectivity index (χ3v) is 0.668. The molecule has 0 aromatic heterocycles. The Labute approximate surface area is 48.2 Å². The summed E-state index contributed by atoms with van der Waals surface area (Å²) >= 11 is 0. The van der Waals surface area contributed by atoms with Crippen LogP contribution >= 0.6 is 0 Å². The topological polar surface area (TPSA) is 46.2 Å². The van der Waals surface area contributed by atoms with Crippen LogP contribution in [-0.2, 0) is 14.9 Å². The first-order valence-corrected chi connectivity index (χ1v) is 2.49. The van der Waals surface area contributed by atoms with E-state index in [2.05, 4.69) is 4.89 Å². The fourth-order valence-electron chi connectivity index (χ4n) is 0.367. The molecule has 0 spiro atoms. The first-order chi connectivity index (χ1) is 3.66. The largest absolute Gasteiger partial charge is 0.346 e. The lowest BCUT2D eigenvalue weighted by Gasteiger charge is -1.96. The summed E-state index contributed by atoms with van der Waals surface area (Å²) in [6.45, 7) is 3.69. The van der Waals surface area contributed by atoms with Gasteiger partial charge in [0.1, 0.15) is 0 Å². The van der Waals surface area contributed by atoms with Gasteiger partial charge >= 0.3 is 5.97 Å². The SMILES string of the molecule is CC(C)CC(=O)O[O]. The standard InChI is InChI=1S/C5H9O3/c1-4(2)3-5(6)8-7/h4H,3H2,1-2H3. The van der Waals surface area contributed by atoms with Crippen molar-refractivity contribution in [1.82, 2.24) is 0 Å². The Bertz CT molecular complexity index is 77.7. The normalized spacial score (nSPS) is 9.50. The summed E-state index contributed by atoms with van der Waals surface area (Å²) in [4.78, 5) is 13.3. The van der Waals surface area contributed by atoms with Gasteiger partial charge in [-0.1, -0.05) is 13.8 Å². The Morgan fingerprint density at radius 2 is 2.12 bits per heavy atom. The maximum absolute atomic E-state index is 10.1. The van der Waals surface area contributed by atoms with Crippen LogP contribution in [0.15, 0.2) is 0 Å². The average molecular weight is 117 g/mol. The maximum atomic E-state index is 10.1. The van der Waals surface area contributed by atoms with Crippen molar-refractivity contribution in [2.45, 2.75) is 20.3 Å². The first kappa shape index (κ1) is 7.43. The van der Waals surface area contributed by atoms with Crippen molar-refractivity contribution < 1.29 is 14.9 Å². The monoisotopic (exact) mass is 117 g/mol. The van der Waals surface area contributed by atoms with E-state index < -0.39 is 5.97 Å². The Morgan fingerprint density at radius 3 is 2.25 bits per heavy atom. The minimum atomic E-state index is -0.681. The molecule has 1 radical (unpaired) electrons.